The molecule has 1 aliphatic carbocycles. The zero-order valence-corrected chi connectivity index (χ0v) is 23.3. The highest BCUT2D eigenvalue weighted by molar-refractivity contribution is 6.12. The number of quaternary nitrogens is 1. The van der Waals surface area contributed by atoms with Gasteiger partial charge in [-0.3, -0.25) is 5.32 Å². The highest BCUT2D eigenvalue weighted by atomic mass is 16.7. The Morgan fingerprint density at radius 2 is 1.72 bits per heavy atom. The summed E-state index contributed by atoms with van der Waals surface area (Å²) < 4.78 is 10.5. The monoisotopic (exact) mass is 582 g/mol. The molecule has 1 saturated carbocycles. The summed E-state index contributed by atoms with van der Waals surface area (Å²) in [5.74, 6) is -0.937. The van der Waals surface area contributed by atoms with Crippen LogP contribution in [0, 0.1) is 0 Å². The van der Waals surface area contributed by atoms with E-state index in [-0.39, 0.29) is 37.1 Å². The molecule has 1 unspecified atom stereocenters. The van der Waals surface area contributed by atoms with Gasteiger partial charge in [-0.25, -0.2) is 9.59 Å². The molecule has 2 amide bonds. The van der Waals surface area contributed by atoms with Gasteiger partial charge in [0.15, 0.2) is 5.69 Å². The first kappa shape index (κ1) is 28.0. The number of hydrogen-bond donors (Lipinski definition) is 2. The molecule has 3 aromatic carbocycles. The molecule has 4 aromatic rings. The molecule has 1 atom stereocenters. The van der Waals surface area contributed by atoms with E-state index in [0.717, 1.165) is 54.4 Å². The normalized spacial score (nSPS) is 18.1. The number of carboxylic acids is 1. The Labute approximate surface area is 247 Å². The molecular formula is C31H30N6O6. The van der Waals surface area contributed by atoms with Crippen molar-refractivity contribution < 1.29 is 29.0 Å². The summed E-state index contributed by atoms with van der Waals surface area (Å²) in [6, 6.07) is 19.5. The first-order valence-electron chi connectivity index (χ1n) is 14.2. The summed E-state index contributed by atoms with van der Waals surface area (Å²) >= 11 is 0. The van der Waals surface area contributed by atoms with Crippen LogP contribution in [-0.2, 0) is 16.0 Å². The number of aromatic carboxylic acids is 1. The molecule has 1 aliphatic heterocycles. The first-order chi connectivity index (χ1) is 20.9. The summed E-state index contributed by atoms with van der Waals surface area (Å²) in [5.41, 5.74) is 3.90. The molecule has 6 rings (SSSR count). The Morgan fingerprint density at radius 3 is 2.44 bits per heavy atom. The molecule has 0 bridgehead atoms. The van der Waals surface area contributed by atoms with Crippen LogP contribution in [0.3, 0.4) is 0 Å². The van der Waals surface area contributed by atoms with E-state index in [9.17, 15) is 19.5 Å². The number of aromatic amines is 1. The standard InChI is InChI=1S/C31H30N6O6/c38-29(39)25-11-6-12-26-27(25)37(30(40)32-26,17-18-42-31(41)43-22-7-2-1-3-8-22)19-20-13-15-21(16-14-20)23-9-4-5-10-24(23)28-33-35-36-34-28/h4-6,9-16,22H,1-3,7-8,17-19H2,(H2-,32,33,34,35,36,38,39,40). The fourth-order valence-corrected chi connectivity index (χ4v) is 5.98. The fourth-order valence-electron chi connectivity index (χ4n) is 5.98. The molecule has 220 valence electrons. The molecular weight excluding hydrogens is 552 g/mol. The maximum Gasteiger partial charge on any atom is 0.508 e. The highest BCUT2D eigenvalue weighted by Crippen LogP contribution is 2.43. The number of fused-ring (bicyclic) bond motifs is 1. The number of nitrogens with zero attached hydrogens (tertiary/aromatic N) is 4. The van der Waals surface area contributed by atoms with Crippen LogP contribution in [0.25, 0.3) is 22.5 Å². The number of carboxylic acid groups (broad SMARTS) is 1. The lowest BCUT2D eigenvalue weighted by molar-refractivity contribution is -0.255. The van der Waals surface area contributed by atoms with Gasteiger partial charge in [0, 0.05) is 11.1 Å². The van der Waals surface area contributed by atoms with E-state index in [2.05, 4.69) is 25.9 Å². The van der Waals surface area contributed by atoms with Gasteiger partial charge in [0.05, 0.1) is 11.5 Å². The van der Waals surface area contributed by atoms with Crippen LogP contribution in [-0.4, -0.2) is 58.0 Å². The lowest BCUT2D eigenvalue weighted by atomic mass is 9.98. The van der Waals surface area contributed by atoms with Crippen molar-refractivity contribution in [2.24, 2.45) is 0 Å². The maximum absolute atomic E-state index is 13.6. The number of benzene rings is 3. The molecule has 0 spiro atoms. The number of urea groups is 1. The van der Waals surface area contributed by atoms with E-state index in [1.54, 1.807) is 12.1 Å². The molecule has 2 aliphatic rings. The third kappa shape index (κ3) is 5.69. The van der Waals surface area contributed by atoms with Gasteiger partial charge in [-0.2, -0.15) is 9.70 Å². The van der Waals surface area contributed by atoms with Crippen molar-refractivity contribution in [3.05, 3.63) is 77.9 Å². The van der Waals surface area contributed by atoms with E-state index in [1.165, 1.54) is 6.07 Å². The SMILES string of the molecule is O=C(OCC[N+]1(Cc2ccc(-c3ccccc3-c3nn[nH]n3)cc2)C(=O)Nc2cccc(C(=O)[O-])c21)OC1CCCCC1. The number of carbonyl (C=O) groups is 3. The van der Waals surface area contributed by atoms with Crippen LogP contribution in [0.15, 0.2) is 66.7 Å². The van der Waals surface area contributed by atoms with E-state index in [1.807, 2.05) is 48.5 Å². The number of rotatable bonds is 9. The van der Waals surface area contributed by atoms with Crippen LogP contribution in [0.5, 0.6) is 0 Å². The Bertz CT molecular complexity index is 1630. The average Bonchev–Trinajstić information content (AvgIpc) is 3.65. The topological polar surface area (TPSA) is 159 Å². The van der Waals surface area contributed by atoms with Crippen molar-refractivity contribution in [2.45, 2.75) is 44.8 Å². The second kappa shape index (κ2) is 12.0. The minimum atomic E-state index is -1.40. The molecule has 12 nitrogen and oxygen atoms in total. The Kier molecular flexibility index (Phi) is 7.84. The predicted octanol–water partition coefficient (Wildman–Crippen LogP) is 4.44. The molecule has 1 aromatic heterocycles. The summed E-state index contributed by atoms with van der Waals surface area (Å²) in [4.78, 5) is 38.3. The van der Waals surface area contributed by atoms with E-state index >= 15 is 0 Å². The number of para-hydroxylation sites is 1. The van der Waals surface area contributed by atoms with Crippen LogP contribution >= 0.6 is 0 Å². The summed E-state index contributed by atoms with van der Waals surface area (Å²) in [7, 11) is 0. The summed E-state index contributed by atoms with van der Waals surface area (Å²) in [6.07, 6.45) is 3.77. The van der Waals surface area contributed by atoms with Crippen molar-refractivity contribution in [1.29, 1.82) is 0 Å². The van der Waals surface area contributed by atoms with Gasteiger partial charge in [0.25, 0.3) is 0 Å². The Hall–Kier alpha value is -5.10. The van der Waals surface area contributed by atoms with Gasteiger partial charge in [-0.15, -0.1) is 10.2 Å². The number of tetrazole rings is 1. The van der Waals surface area contributed by atoms with Gasteiger partial charge in [-0.05, 0) is 54.2 Å². The average molecular weight is 583 g/mol. The Balaban J connectivity index is 1.28. The van der Waals surface area contributed by atoms with Crippen molar-refractivity contribution in [3.63, 3.8) is 0 Å². The predicted molar refractivity (Wildman–Crippen MR) is 155 cm³/mol. The second-order valence-corrected chi connectivity index (χ2v) is 10.7. The molecule has 43 heavy (non-hydrogen) atoms. The van der Waals surface area contributed by atoms with Crippen molar-refractivity contribution in [1.82, 2.24) is 25.1 Å². The minimum Gasteiger partial charge on any atom is -0.545 e. The summed E-state index contributed by atoms with van der Waals surface area (Å²) in [5, 5.41) is 29.3. The van der Waals surface area contributed by atoms with Crippen molar-refractivity contribution >= 4 is 29.5 Å². The molecule has 2 heterocycles. The molecule has 1 fully saturated rings. The van der Waals surface area contributed by atoms with Crippen LogP contribution in [0.1, 0.15) is 48.0 Å². The molecule has 0 radical (unpaired) electrons. The highest BCUT2D eigenvalue weighted by Gasteiger charge is 2.49. The molecule has 0 saturated heterocycles. The largest absolute Gasteiger partial charge is 0.545 e. The zero-order chi connectivity index (χ0) is 29.8. The second-order valence-electron chi connectivity index (χ2n) is 10.7. The molecule has 2 N–H and O–H groups in total. The fraction of sp³-hybridized carbons (Fsp3) is 0.290. The smallest absolute Gasteiger partial charge is 0.508 e. The van der Waals surface area contributed by atoms with Gasteiger partial charge in [0.1, 0.15) is 31.5 Å². The first-order valence-corrected chi connectivity index (χ1v) is 14.2. The summed E-state index contributed by atoms with van der Waals surface area (Å²) in [6.45, 7) is -0.0574. The van der Waals surface area contributed by atoms with Crippen molar-refractivity contribution in [2.75, 3.05) is 18.5 Å². The van der Waals surface area contributed by atoms with Crippen molar-refractivity contribution in [3.8, 4) is 22.5 Å². The number of aromatic nitrogens is 4. The van der Waals surface area contributed by atoms with Gasteiger partial charge < -0.3 is 19.4 Å². The van der Waals surface area contributed by atoms with Crippen LogP contribution < -0.4 is 14.9 Å². The minimum absolute atomic E-state index is 0.00862. The number of carbonyl (C=O) groups excluding carboxylic acids is 3. The molecule has 12 heteroatoms. The maximum atomic E-state index is 13.6. The zero-order valence-electron chi connectivity index (χ0n) is 23.3. The van der Waals surface area contributed by atoms with Crippen LogP contribution in [0.4, 0.5) is 21.0 Å². The lowest BCUT2D eigenvalue weighted by Crippen LogP contribution is -2.54. The van der Waals surface area contributed by atoms with E-state index in [4.69, 9.17) is 9.47 Å². The quantitative estimate of drug-likeness (QED) is 0.215. The number of ether oxygens (including phenoxy) is 2. The number of H-pyrrole nitrogens is 1. The lowest BCUT2D eigenvalue weighted by Gasteiger charge is -2.32. The van der Waals surface area contributed by atoms with Gasteiger partial charge >= 0.3 is 12.2 Å². The Morgan fingerprint density at radius 1 is 0.953 bits per heavy atom. The number of hydrogen-bond acceptors (Lipinski definition) is 9. The number of amides is 2. The van der Waals surface area contributed by atoms with Crippen LogP contribution in [0.2, 0.25) is 0 Å². The van der Waals surface area contributed by atoms with Gasteiger partial charge in [0.2, 0.25) is 5.82 Å². The van der Waals surface area contributed by atoms with Gasteiger partial charge in [-0.1, -0.05) is 61.0 Å². The third-order valence-electron chi connectivity index (χ3n) is 8.05. The van der Waals surface area contributed by atoms with E-state index < -0.39 is 22.6 Å². The third-order valence-corrected chi connectivity index (χ3v) is 8.05. The number of nitrogens with one attached hydrogen (secondary N) is 2. The number of anilines is 1. The van der Waals surface area contributed by atoms with E-state index in [0.29, 0.717) is 11.5 Å².